The summed E-state index contributed by atoms with van der Waals surface area (Å²) in [6, 6.07) is 13.3. The second-order valence-electron chi connectivity index (χ2n) is 5.94. The third kappa shape index (κ3) is 3.80. The maximum Gasteiger partial charge on any atom is 0.220 e. The van der Waals surface area contributed by atoms with E-state index in [1.54, 1.807) is 6.07 Å². The van der Waals surface area contributed by atoms with E-state index in [0.29, 0.717) is 23.0 Å². The number of carbonyl (C=O) groups excluding carboxylic acids is 1. The molecule has 25 heavy (non-hydrogen) atoms. The molecule has 4 nitrogen and oxygen atoms in total. The normalized spacial score (nSPS) is 12.3. The summed E-state index contributed by atoms with van der Waals surface area (Å²) in [4.78, 5) is 16.5. The van der Waals surface area contributed by atoms with Crippen LogP contribution in [0, 0.1) is 0 Å². The van der Waals surface area contributed by atoms with Gasteiger partial charge in [0.05, 0.1) is 27.1 Å². The maximum absolute atomic E-state index is 11.8. The van der Waals surface area contributed by atoms with Gasteiger partial charge in [0.15, 0.2) is 0 Å². The third-order valence-corrected chi connectivity index (χ3v) is 4.83. The van der Waals surface area contributed by atoms with Crippen LogP contribution >= 0.6 is 23.2 Å². The third-order valence-electron chi connectivity index (χ3n) is 4.09. The number of aromatic nitrogens is 2. The number of nitrogens with one attached hydrogen (secondary N) is 1. The number of hydrogen-bond donors (Lipinski definition) is 1. The van der Waals surface area contributed by atoms with E-state index in [1.807, 2.05) is 50.2 Å². The standard InChI is InChI=1S/C19H19Cl2N3O/c1-3-18(25)22-12(2)19-23-16-6-4-5-7-17(16)24(19)11-13-8-9-14(20)15(21)10-13/h4-10,12H,3,11H2,1-2H3,(H,22,25). The Balaban J connectivity index is 2.03. The molecule has 0 fully saturated rings. The topological polar surface area (TPSA) is 46.9 Å². The Bertz CT molecular complexity index is 920. The molecule has 1 heterocycles. The van der Waals surface area contributed by atoms with Gasteiger partial charge in [0.1, 0.15) is 5.82 Å². The van der Waals surface area contributed by atoms with Crippen molar-refractivity contribution in [2.75, 3.05) is 0 Å². The molecule has 1 N–H and O–H groups in total. The molecule has 0 spiro atoms. The SMILES string of the molecule is CCC(=O)NC(C)c1nc2ccccc2n1Cc1ccc(Cl)c(Cl)c1. The molecule has 0 saturated heterocycles. The van der Waals surface area contributed by atoms with Crippen LogP contribution in [0.15, 0.2) is 42.5 Å². The maximum atomic E-state index is 11.8. The lowest BCUT2D eigenvalue weighted by atomic mass is 10.2. The van der Waals surface area contributed by atoms with Gasteiger partial charge in [0.25, 0.3) is 0 Å². The molecule has 1 unspecified atom stereocenters. The quantitative estimate of drug-likeness (QED) is 0.683. The average molecular weight is 376 g/mol. The molecular weight excluding hydrogens is 357 g/mol. The lowest BCUT2D eigenvalue weighted by Crippen LogP contribution is -2.28. The minimum atomic E-state index is -0.192. The highest BCUT2D eigenvalue weighted by atomic mass is 35.5. The zero-order valence-corrected chi connectivity index (χ0v) is 15.6. The lowest BCUT2D eigenvalue weighted by Gasteiger charge is -2.16. The van der Waals surface area contributed by atoms with Crippen molar-refractivity contribution in [1.82, 2.24) is 14.9 Å². The second kappa shape index (κ2) is 7.46. The smallest absolute Gasteiger partial charge is 0.220 e. The van der Waals surface area contributed by atoms with Gasteiger partial charge < -0.3 is 9.88 Å². The van der Waals surface area contributed by atoms with Gasteiger partial charge in [-0.1, -0.05) is 48.3 Å². The highest BCUT2D eigenvalue weighted by molar-refractivity contribution is 6.42. The van der Waals surface area contributed by atoms with Gasteiger partial charge in [0, 0.05) is 13.0 Å². The van der Waals surface area contributed by atoms with Crippen LogP contribution < -0.4 is 5.32 Å². The summed E-state index contributed by atoms with van der Waals surface area (Å²) in [7, 11) is 0. The van der Waals surface area contributed by atoms with E-state index >= 15 is 0 Å². The molecule has 1 aromatic heterocycles. The van der Waals surface area contributed by atoms with Crippen LogP contribution in [0.25, 0.3) is 11.0 Å². The molecule has 2 aromatic carbocycles. The Morgan fingerprint density at radius 3 is 2.68 bits per heavy atom. The number of para-hydroxylation sites is 2. The molecule has 130 valence electrons. The Morgan fingerprint density at radius 2 is 1.96 bits per heavy atom. The molecule has 0 saturated carbocycles. The van der Waals surface area contributed by atoms with Crippen molar-refractivity contribution in [2.24, 2.45) is 0 Å². The number of rotatable bonds is 5. The van der Waals surface area contributed by atoms with Crippen molar-refractivity contribution in [3.63, 3.8) is 0 Å². The van der Waals surface area contributed by atoms with Crippen LogP contribution in [0.2, 0.25) is 10.0 Å². The molecule has 6 heteroatoms. The fourth-order valence-electron chi connectivity index (χ4n) is 2.82. The summed E-state index contributed by atoms with van der Waals surface area (Å²) in [6.07, 6.45) is 0.442. The van der Waals surface area contributed by atoms with E-state index in [0.717, 1.165) is 22.4 Å². The number of imidazole rings is 1. The monoisotopic (exact) mass is 375 g/mol. The number of fused-ring (bicyclic) bond motifs is 1. The first-order valence-electron chi connectivity index (χ1n) is 8.18. The summed E-state index contributed by atoms with van der Waals surface area (Å²) in [5.74, 6) is 0.815. The first kappa shape index (κ1) is 17.8. The predicted octanol–water partition coefficient (Wildman–Crippen LogP) is 4.98. The summed E-state index contributed by atoms with van der Waals surface area (Å²) in [6.45, 7) is 4.37. The summed E-state index contributed by atoms with van der Waals surface area (Å²) in [5.41, 5.74) is 2.93. The molecule has 0 aliphatic rings. The molecule has 3 rings (SSSR count). The Morgan fingerprint density at radius 1 is 1.20 bits per heavy atom. The second-order valence-corrected chi connectivity index (χ2v) is 6.75. The number of carbonyl (C=O) groups is 1. The Kier molecular flexibility index (Phi) is 5.30. The fraction of sp³-hybridized carbons (Fsp3) is 0.263. The van der Waals surface area contributed by atoms with Crippen LogP contribution in [-0.4, -0.2) is 15.5 Å². The van der Waals surface area contributed by atoms with Gasteiger partial charge in [-0.25, -0.2) is 4.98 Å². The molecule has 0 radical (unpaired) electrons. The number of benzene rings is 2. The Labute approximate surface area is 156 Å². The molecular formula is C19H19Cl2N3O. The van der Waals surface area contributed by atoms with E-state index in [-0.39, 0.29) is 11.9 Å². The van der Waals surface area contributed by atoms with Crippen LogP contribution in [-0.2, 0) is 11.3 Å². The zero-order chi connectivity index (χ0) is 18.0. The number of nitrogens with zero attached hydrogens (tertiary/aromatic N) is 2. The predicted molar refractivity (Wildman–Crippen MR) is 102 cm³/mol. The summed E-state index contributed by atoms with van der Waals surface area (Å²) < 4.78 is 2.11. The van der Waals surface area contributed by atoms with Gasteiger partial charge in [-0.05, 0) is 36.8 Å². The van der Waals surface area contributed by atoms with Gasteiger partial charge >= 0.3 is 0 Å². The average Bonchev–Trinajstić information content (AvgIpc) is 2.97. The minimum absolute atomic E-state index is 0.000596. The van der Waals surface area contributed by atoms with Crippen molar-refractivity contribution < 1.29 is 4.79 Å². The first-order valence-corrected chi connectivity index (χ1v) is 8.93. The van der Waals surface area contributed by atoms with E-state index in [9.17, 15) is 4.79 Å². The van der Waals surface area contributed by atoms with Crippen molar-refractivity contribution in [1.29, 1.82) is 0 Å². The number of amides is 1. The summed E-state index contributed by atoms with van der Waals surface area (Å²) in [5, 5.41) is 4.04. The lowest BCUT2D eigenvalue weighted by molar-refractivity contribution is -0.121. The van der Waals surface area contributed by atoms with E-state index in [1.165, 1.54) is 0 Å². The van der Waals surface area contributed by atoms with Crippen LogP contribution in [0.1, 0.15) is 37.7 Å². The molecule has 0 bridgehead atoms. The van der Waals surface area contributed by atoms with Crippen molar-refractivity contribution in [2.45, 2.75) is 32.9 Å². The van der Waals surface area contributed by atoms with E-state index in [4.69, 9.17) is 28.2 Å². The molecule has 0 aliphatic carbocycles. The van der Waals surface area contributed by atoms with E-state index in [2.05, 4.69) is 9.88 Å². The highest BCUT2D eigenvalue weighted by Crippen LogP contribution is 2.26. The highest BCUT2D eigenvalue weighted by Gasteiger charge is 2.18. The van der Waals surface area contributed by atoms with Gasteiger partial charge in [-0.15, -0.1) is 0 Å². The number of halogens is 2. The van der Waals surface area contributed by atoms with Crippen molar-refractivity contribution >= 4 is 40.1 Å². The van der Waals surface area contributed by atoms with Gasteiger partial charge in [-0.3, -0.25) is 4.79 Å². The van der Waals surface area contributed by atoms with Crippen LogP contribution in [0.3, 0.4) is 0 Å². The molecule has 1 atom stereocenters. The summed E-state index contributed by atoms with van der Waals surface area (Å²) >= 11 is 12.2. The largest absolute Gasteiger partial charge is 0.346 e. The van der Waals surface area contributed by atoms with Gasteiger partial charge in [0.2, 0.25) is 5.91 Å². The number of hydrogen-bond acceptors (Lipinski definition) is 2. The Hall–Kier alpha value is -2.04. The minimum Gasteiger partial charge on any atom is -0.346 e. The van der Waals surface area contributed by atoms with Crippen molar-refractivity contribution in [3.05, 3.63) is 63.9 Å². The molecule has 3 aromatic rings. The molecule has 1 amide bonds. The van der Waals surface area contributed by atoms with Crippen LogP contribution in [0.4, 0.5) is 0 Å². The van der Waals surface area contributed by atoms with Crippen LogP contribution in [0.5, 0.6) is 0 Å². The van der Waals surface area contributed by atoms with E-state index < -0.39 is 0 Å². The molecule has 0 aliphatic heterocycles. The zero-order valence-electron chi connectivity index (χ0n) is 14.1. The fourth-order valence-corrected chi connectivity index (χ4v) is 3.14. The van der Waals surface area contributed by atoms with Gasteiger partial charge in [-0.2, -0.15) is 0 Å². The first-order chi connectivity index (χ1) is 12.0. The van der Waals surface area contributed by atoms with Crippen molar-refractivity contribution in [3.8, 4) is 0 Å².